The molecule has 1 aromatic rings. The molecular formula is C14H20ClNO3S. The summed E-state index contributed by atoms with van der Waals surface area (Å²) in [7, 11) is -3.38. The Morgan fingerprint density at radius 2 is 2.05 bits per heavy atom. The monoisotopic (exact) mass is 317 g/mol. The van der Waals surface area contributed by atoms with E-state index in [1.165, 1.54) is 0 Å². The maximum Gasteiger partial charge on any atom is 0.239 e. The molecule has 0 fully saturated rings. The first-order valence-electron chi connectivity index (χ1n) is 6.50. The topological polar surface area (TPSA) is 63.2 Å². The van der Waals surface area contributed by atoms with Crippen LogP contribution in [0.3, 0.4) is 0 Å². The lowest BCUT2D eigenvalue weighted by Gasteiger charge is -2.11. The molecule has 0 spiro atoms. The summed E-state index contributed by atoms with van der Waals surface area (Å²) in [4.78, 5) is 11.8. The van der Waals surface area contributed by atoms with Gasteiger partial charge in [0.1, 0.15) is 5.75 Å². The Hall–Kier alpha value is -1.07. The third kappa shape index (κ3) is 5.13. The van der Waals surface area contributed by atoms with Crippen LogP contribution in [-0.4, -0.2) is 25.8 Å². The van der Waals surface area contributed by atoms with E-state index < -0.39 is 21.5 Å². The van der Waals surface area contributed by atoms with Crippen molar-refractivity contribution < 1.29 is 13.2 Å². The van der Waals surface area contributed by atoms with Crippen molar-refractivity contribution in [1.29, 1.82) is 0 Å². The normalized spacial score (nSPS) is 13.0. The van der Waals surface area contributed by atoms with Crippen molar-refractivity contribution >= 4 is 33.0 Å². The maximum absolute atomic E-state index is 11.9. The minimum absolute atomic E-state index is 0.0332. The van der Waals surface area contributed by atoms with Gasteiger partial charge in [0.15, 0.2) is 9.84 Å². The van der Waals surface area contributed by atoms with Gasteiger partial charge in [0, 0.05) is 10.7 Å². The van der Waals surface area contributed by atoms with Crippen LogP contribution in [0.5, 0.6) is 0 Å². The minimum atomic E-state index is -3.38. The third-order valence-corrected chi connectivity index (χ3v) is 5.32. The molecular weight excluding hydrogens is 298 g/mol. The van der Waals surface area contributed by atoms with Gasteiger partial charge in [-0.3, -0.25) is 4.79 Å². The summed E-state index contributed by atoms with van der Waals surface area (Å²) in [6.45, 7) is 5.55. The average molecular weight is 318 g/mol. The van der Waals surface area contributed by atoms with E-state index in [4.69, 9.17) is 11.6 Å². The smallest absolute Gasteiger partial charge is 0.239 e. The summed E-state index contributed by atoms with van der Waals surface area (Å²) in [6, 6.07) is 5.12. The number of anilines is 1. The largest absolute Gasteiger partial charge is 0.325 e. The minimum Gasteiger partial charge on any atom is -0.325 e. The molecule has 0 aromatic heterocycles. The molecule has 0 saturated carbocycles. The van der Waals surface area contributed by atoms with Gasteiger partial charge in [-0.25, -0.2) is 8.42 Å². The Kier molecular flexibility index (Phi) is 6.02. The highest BCUT2D eigenvalue weighted by Crippen LogP contribution is 2.22. The van der Waals surface area contributed by atoms with E-state index in [2.05, 4.69) is 5.32 Å². The zero-order valence-electron chi connectivity index (χ0n) is 11.9. The van der Waals surface area contributed by atoms with E-state index >= 15 is 0 Å². The molecule has 0 aliphatic rings. The Morgan fingerprint density at radius 3 is 2.65 bits per heavy atom. The molecule has 0 unspecified atom stereocenters. The second-order valence-corrected chi connectivity index (χ2v) is 7.54. The van der Waals surface area contributed by atoms with Crippen molar-refractivity contribution in [2.24, 2.45) is 5.92 Å². The van der Waals surface area contributed by atoms with Crippen LogP contribution < -0.4 is 5.32 Å². The fraction of sp³-hybridized carbons (Fsp3) is 0.500. The molecule has 0 radical (unpaired) electrons. The molecule has 4 nitrogen and oxygen atoms in total. The van der Waals surface area contributed by atoms with Crippen LogP contribution in [0.2, 0.25) is 5.02 Å². The highest BCUT2D eigenvalue weighted by atomic mass is 35.5. The van der Waals surface area contributed by atoms with Crippen LogP contribution in [0.25, 0.3) is 0 Å². The number of amides is 1. The van der Waals surface area contributed by atoms with Gasteiger partial charge in [-0.1, -0.05) is 37.9 Å². The van der Waals surface area contributed by atoms with E-state index in [1.807, 2.05) is 13.8 Å². The first-order valence-corrected chi connectivity index (χ1v) is 8.70. The molecule has 1 aromatic carbocycles. The fourth-order valence-electron chi connectivity index (χ4n) is 1.74. The number of rotatable bonds is 6. The van der Waals surface area contributed by atoms with Crippen LogP contribution >= 0.6 is 11.6 Å². The Morgan fingerprint density at radius 1 is 1.40 bits per heavy atom. The van der Waals surface area contributed by atoms with Crippen molar-refractivity contribution in [3.05, 3.63) is 28.8 Å². The van der Waals surface area contributed by atoms with E-state index in [0.717, 1.165) is 12.0 Å². The molecule has 0 aliphatic heterocycles. The molecule has 20 heavy (non-hydrogen) atoms. The lowest BCUT2D eigenvalue weighted by atomic mass is 10.2. The number of benzene rings is 1. The van der Waals surface area contributed by atoms with E-state index in [9.17, 15) is 13.2 Å². The summed E-state index contributed by atoms with van der Waals surface area (Å²) in [5.74, 6) is -0.936. The molecule has 0 saturated heterocycles. The van der Waals surface area contributed by atoms with Crippen LogP contribution in [0.15, 0.2) is 18.2 Å². The second kappa shape index (κ2) is 7.09. The number of nitrogens with one attached hydrogen (secondary N) is 1. The van der Waals surface area contributed by atoms with Crippen LogP contribution in [0.4, 0.5) is 5.69 Å². The molecule has 1 amide bonds. The first-order chi connectivity index (χ1) is 9.25. The molecule has 0 aliphatic carbocycles. The molecule has 1 atom stereocenters. The number of halogens is 1. The van der Waals surface area contributed by atoms with E-state index in [0.29, 0.717) is 10.7 Å². The van der Waals surface area contributed by atoms with Gasteiger partial charge in [-0.2, -0.15) is 0 Å². The van der Waals surface area contributed by atoms with Gasteiger partial charge >= 0.3 is 0 Å². The van der Waals surface area contributed by atoms with E-state index in [1.54, 1.807) is 25.1 Å². The van der Waals surface area contributed by atoms with Crippen LogP contribution in [-0.2, 0) is 14.6 Å². The van der Waals surface area contributed by atoms with Gasteiger partial charge < -0.3 is 5.32 Å². The summed E-state index contributed by atoms with van der Waals surface area (Å²) in [5.41, 5.74) is 1.27. The lowest BCUT2D eigenvalue weighted by molar-refractivity contribution is -0.113. The van der Waals surface area contributed by atoms with Gasteiger partial charge in [0.25, 0.3) is 0 Å². The van der Waals surface area contributed by atoms with Crippen molar-refractivity contribution in [3.63, 3.8) is 0 Å². The predicted molar refractivity (Wildman–Crippen MR) is 82.9 cm³/mol. The number of sulfone groups is 1. The standard InChI is InChI=1S/C14H20ClNO3S/c1-4-10(2)8-20(18,19)9-14(17)16-13-7-5-6-12(15)11(13)3/h5-7,10H,4,8-9H2,1-3H3,(H,16,17)/t10-/m0/s1. The van der Waals surface area contributed by atoms with Crippen molar-refractivity contribution in [3.8, 4) is 0 Å². The summed E-state index contributed by atoms with van der Waals surface area (Å²) < 4.78 is 23.7. The second-order valence-electron chi connectivity index (χ2n) is 5.03. The first kappa shape index (κ1) is 17.0. The Labute approximate surface area is 125 Å². The zero-order chi connectivity index (χ0) is 15.3. The Bertz CT molecular complexity index is 584. The van der Waals surface area contributed by atoms with Gasteiger partial charge in [-0.15, -0.1) is 0 Å². The SMILES string of the molecule is CC[C@H](C)CS(=O)(=O)CC(=O)Nc1cccc(Cl)c1C. The molecule has 1 rings (SSSR count). The number of hydrogen-bond donors (Lipinski definition) is 1. The fourth-order valence-corrected chi connectivity index (χ4v) is 3.61. The van der Waals surface area contributed by atoms with Crippen molar-refractivity contribution in [2.45, 2.75) is 27.2 Å². The summed E-state index contributed by atoms with van der Waals surface area (Å²) in [6.07, 6.45) is 0.772. The number of hydrogen-bond acceptors (Lipinski definition) is 3. The molecule has 0 heterocycles. The molecule has 1 N–H and O–H groups in total. The molecule has 0 bridgehead atoms. The third-order valence-electron chi connectivity index (χ3n) is 3.13. The number of carbonyl (C=O) groups excluding carboxylic acids is 1. The van der Waals surface area contributed by atoms with Gasteiger partial charge in [-0.05, 0) is 30.5 Å². The number of carbonyl (C=O) groups is 1. The zero-order valence-corrected chi connectivity index (χ0v) is 13.5. The summed E-state index contributed by atoms with van der Waals surface area (Å²) in [5, 5.41) is 3.13. The highest BCUT2D eigenvalue weighted by molar-refractivity contribution is 7.92. The van der Waals surface area contributed by atoms with Crippen molar-refractivity contribution in [1.82, 2.24) is 0 Å². The highest BCUT2D eigenvalue weighted by Gasteiger charge is 2.19. The Balaban J connectivity index is 2.71. The average Bonchev–Trinajstić information content (AvgIpc) is 2.33. The van der Waals surface area contributed by atoms with Gasteiger partial charge in [0.2, 0.25) is 5.91 Å². The van der Waals surface area contributed by atoms with Crippen LogP contribution in [0, 0.1) is 12.8 Å². The van der Waals surface area contributed by atoms with Crippen LogP contribution in [0.1, 0.15) is 25.8 Å². The molecule has 112 valence electrons. The van der Waals surface area contributed by atoms with Gasteiger partial charge in [0.05, 0.1) is 5.75 Å². The summed E-state index contributed by atoms with van der Waals surface area (Å²) >= 11 is 5.95. The van der Waals surface area contributed by atoms with Crippen molar-refractivity contribution in [2.75, 3.05) is 16.8 Å². The molecule has 6 heteroatoms. The maximum atomic E-state index is 11.9. The predicted octanol–water partition coefficient (Wildman–Crippen LogP) is 3.05. The van der Waals surface area contributed by atoms with E-state index in [-0.39, 0.29) is 11.7 Å². The lowest BCUT2D eigenvalue weighted by Crippen LogP contribution is -2.27. The quantitative estimate of drug-likeness (QED) is 0.877.